The molecule has 1 aromatic heterocycles. The summed E-state index contributed by atoms with van der Waals surface area (Å²) in [7, 11) is 2.19. The van der Waals surface area contributed by atoms with Gasteiger partial charge in [-0.2, -0.15) is 5.10 Å². The molecule has 0 aliphatic carbocycles. The summed E-state index contributed by atoms with van der Waals surface area (Å²) in [6.07, 6.45) is 0. The third-order valence-electron chi connectivity index (χ3n) is 5.28. The number of ether oxygens (including phenoxy) is 3. The zero-order chi connectivity index (χ0) is 27.6. The van der Waals surface area contributed by atoms with Gasteiger partial charge in [-0.25, -0.2) is 27.8 Å². The Bertz CT molecular complexity index is 1550. The van der Waals surface area contributed by atoms with Gasteiger partial charge in [-0.15, -0.1) is 0 Å². The number of rotatable bonds is 6. The third-order valence-corrected chi connectivity index (χ3v) is 5.78. The van der Waals surface area contributed by atoms with E-state index in [0.717, 1.165) is 37.1 Å². The number of nitrogens with zero attached hydrogens (tertiary/aromatic N) is 2. The van der Waals surface area contributed by atoms with Crippen LogP contribution in [0.25, 0.3) is 16.9 Å². The van der Waals surface area contributed by atoms with Crippen LogP contribution in [0.5, 0.6) is 5.75 Å². The number of carbonyl (C=O) groups excluding carboxylic acids is 3. The lowest BCUT2D eigenvalue weighted by molar-refractivity contribution is 0.0549. The smallest absolute Gasteiger partial charge is 0.357 e. The van der Waals surface area contributed by atoms with Crippen LogP contribution in [0.3, 0.4) is 0 Å². The monoisotopic (exact) mass is 560 g/mol. The Balaban J connectivity index is 2.00. The van der Waals surface area contributed by atoms with Crippen LogP contribution in [0.1, 0.15) is 31.2 Å². The molecule has 0 N–H and O–H groups in total. The lowest BCUT2D eigenvalue weighted by atomic mass is 10.0. The molecule has 1 heterocycles. The van der Waals surface area contributed by atoms with Gasteiger partial charge in [0.1, 0.15) is 28.5 Å². The van der Waals surface area contributed by atoms with Crippen molar-refractivity contribution in [1.29, 1.82) is 0 Å². The largest absolute Gasteiger partial charge is 0.465 e. The van der Waals surface area contributed by atoms with Crippen molar-refractivity contribution in [3.05, 3.63) is 99.2 Å². The fourth-order valence-corrected chi connectivity index (χ4v) is 4.15. The summed E-state index contributed by atoms with van der Waals surface area (Å²) in [6, 6.07) is 13.6. The molecule has 0 unspecified atom stereocenters. The number of hydrogen-bond donors (Lipinski definition) is 0. The number of benzene rings is 3. The molecule has 0 bridgehead atoms. The van der Waals surface area contributed by atoms with Crippen molar-refractivity contribution in [2.24, 2.45) is 0 Å². The molecule has 0 aliphatic rings. The van der Waals surface area contributed by atoms with E-state index in [1.165, 1.54) is 12.1 Å². The summed E-state index contributed by atoms with van der Waals surface area (Å²) >= 11 is 12.5. The number of para-hydroxylation sites is 1. The van der Waals surface area contributed by atoms with Crippen LogP contribution in [0.4, 0.5) is 8.78 Å². The SMILES string of the molecule is COC(=O)c1c(-c2cc(Cl)cc(Cl)c2OC(=O)c2c(F)cccc2F)nn(-c2ccccc2)c1C(=O)OC. The van der Waals surface area contributed by atoms with Crippen LogP contribution in [0, 0.1) is 11.6 Å². The number of aromatic nitrogens is 2. The number of esters is 3. The quantitative estimate of drug-likeness (QED) is 0.213. The Hall–Kier alpha value is -4.28. The van der Waals surface area contributed by atoms with Gasteiger partial charge in [0.2, 0.25) is 0 Å². The van der Waals surface area contributed by atoms with E-state index in [1.54, 1.807) is 30.3 Å². The van der Waals surface area contributed by atoms with E-state index < -0.39 is 40.9 Å². The Labute approximate surface area is 224 Å². The highest BCUT2D eigenvalue weighted by atomic mass is 35.5. The molecule has 0 aliphatic heterocycles. The maximum absolute atomic E-state index is 14.3. The van der Waals surface area contributed by atoms with E-state index in [-0.39, 0.29) is 32.6 Å². The van der Waals surface area contributed by atoms with Gasteiger partial charge in [0, 0.05) is 10.6 Å². The van der Waals surface area contributed by atoms with E-state index in [1.807, 2.05) is 0 Å². The van der Waals surface area contributed by atoms with Crippen molar-refractivity contribution < 1.29 is 37.4 Å². The maximum atomic E-state index is 14.3. The third kappa shape index (κ3) is 4.96. The van der Waals surface area contributed by atoms with E-state index in [2.05, 4.69) is 5.10 Å². The molecule has 4 aromatic rings. The minimum atomic E-state index is -1.42. The second kappa shape index (κ2) is 11.0. The predicted octanol–water partition coefficient (Wildman–Crippen LogP) is 5.92. The fourth-order valence-electron chi connectivity index (χ4n) is 3.62. The molecule has 3 aromatic carbocycles. The molecule has 8 nitrogen and oxygen atoms in total. The van der Waals surface area contributed by atoms with E-state index >= 15 is 0 Å². The normalized spacial score (nSPS) is 10.7. The first-order valence-electron chi connectivity index (χ1n) is 10.7. The number of halogens is 4. The number of methoxy groups -OCH3 is 2. The second-order valence-corrected chi connectivity index (χ2v) is 8.40. The van der Waals surface area contributed by atoms with Crippen LogP contribution < -0.4 is 4.74 Å². The van der Waals surface area contributed by atoms with Crippen molar-refractivity contribution in [2.75, 3.05) is 14.2 Å². The molecule has 0 spiro atoms. The molecule has 0 saturated carbocycles. The highest BCUT2D eigenvalue weighted by Crippen LogP contribution is 2.42. The van der Waals surface area contributed by atoms with Gasteiger partial charge in [-0.05, 0) is 36.4 Å². The maximum Gasteiger partial charge on any atom is 0.357 e. The molecule has 0 saturated heterocycles. The molecule has 38 heavy (non-hydrogen) atoms. The molecule has 0 atom stereocenters. The first-order chi connectivity index (χ1) is 18.2. The zero-order valence-corrected chi connectivity index (χ0v) is 21.1. The molecule has 0 amide bonds. The van der Waals surface area contributed by atoms with Gasteiger partial charge in [-0.1, -0.05) is 47.5 Å². The summed E-state index contributed by atoms with van der Waals surface area (Å²) in [6.45, 7) is 0. The molecule has 0 radical (unpaired) electrons. The van der Waals surface area contributed by atoms with Crippen molar-refractivity contribution in [3.8, 4) is 22.7 Å². The first-order valence-corrected chi connectivity index (χ1v) is 11.4. The Morgan fingerprint density at radius 3 is 2.05 bits per heavy atom. The minimum Gasteiger partial charge on any atom is -0.465 e. The van der Waals surface area contributed by atoms with Crippen LogP contribution in [-0.2, 0) is 9.47 Å². The predicted molar refractivity (Wildman–Crippen MR) is 133 cm³/mol. The Kier molecular flexibility index (Phi) is 7.75. The van der Waals surface area contributed by atoms with Crippen LogP contribution >= 0.6 is 23.2 Å². The topological polar surface area (TPSA) is 96.7 Å². The molecule has 0 fully saturated rings. The highest BCUT2D eigenvalue weighted by molar-refractivity contribution is 6.36. The van der Waals surface area contributed by atoms with Gasteiger partial charge < -0.3 is 14.2 Å². The van der Waals surface area contributed by atoms with Crippen molar-refractivity contribution >= 4 is 41.1 Å². The van der Waals surface area contributed by atoms with Crippen LogP contribution in [0.15, 0.2) is 60.7 Å². The van der Waals surface area contributed by atoms with Gasteiger partial charge in [0.15, 0.2) is 11.4 Å². The van der Waals surface area contributed by atoms with Gasteiger partial charge in [0.05, 0.1) is 24.9 Å². The molecular weight excluding hydrogens is 545 g/mol. The Morgan fingerprint density at radius 2 is 1.45 bits per heavy atom. The summed E-state index contributed by atoms with van der Waals surface area (Å²) < 4.78 is 44.7. The van der Waals surface area contributed by atoms with Crippen molar-refractivity contribution in [1.82, 2.24) is 9.78 Å². The van der Waals surface area contributed by atoms with E-state index in [4.69, 9.17) is 37.4 Å². The molecule has 12 heteroatoms. The molecule has 4 rings (SSSR count). The number of hydrogen-bond acceptors (Lipinski definition) is 7. The minimum absolute atomic E-state index is 0.0339. The fraction of sp³-hybridized carbons (Fsp3) is 0.0769. The summed E-state index contributed by atoms with van der Waals surface area (Å²) in [5.41, 5.74) is -1.66. The van der Waals surface area contributed by atoms with Crippen molar-refractivity contribution in [3.63, 3.8) is 0 Å². The number of carbonyl (C=O) groups is 3. The van der Waals surface area contributed by atoms with Gasteiger partial charge in [-0.3, -0.25) is 0 Å². The lowest BCUT2D eigenvalue weighted by Crippen LogP contribution is -2.15. The standard InChI is InChI=1S/C26H16Cl2F2N2O6/c1-36-24(33)20-21(31-32(22(20)26(35)37-2)14-7-4-3-5-8-14)15-11-13(27)12-16(28)23(15)38-25(34)19-17(29)9-6-10-18(19)30/h3-12H,1-2H3. The molecular formula is C26H16Cl2F2N2O6. The van der Waals surface area contributed by atoms with E-state index in [0.29, 0.717) is 5.69 Å². The van der Waals surface area contributed by atoms with E-state index in [9.17, 15) is 23.2 Å². The summed E-state index contributed by atoms with van der Waals surface area (Å²) in [4.78, 5) is 38.6. The van der Waals surface area contributed by atoms with Gasteiger partial charge in [0.25, 0.3) is 0 Å². The molecule has 194 valence electrons. The average molecular weight is 561 g/mol. The van der Waals surface area contributed by atoms with Crippen LogP contribution in [0.2, 0.25) is 10.0 Å². The van der Waals surface area contributed by atoms with Crippen molar-refractivity contribution in [2.45, 2.75) is 0 Å². The zero-order valence-electron chi connectivity index (χ0n) is 19.6. The first kappa shape index (κ1) is 26.8. The summed E-state index contributed by atoms with van der Waals surface area (Å²) in [5.74, 6) is -6.11. The van der Waals surface area contributed by atoms with Crippen LogP contribution in [-0.4, -0.2) is 41.9 Å². The Morgan fingerprint density at radius 1 is 0.816 bits per heavy atom. The highest BCUT2D eigenvalue weighted by Gasteiger charge is 2.34. The lowest BCUT2D eigenvalue weighted by Gasteiger charge is -2.13. The average Bonchev–Trinajstić information content (AvgIpc) is 3.30. The van der Waals surface area contributed by atoms with Gasteiger partial charge >= 0.3 is 17.9 Å². The second-order valence-electron chi connectivity index (χ2n) is 7.55. The summed E-state index contributed by atoms with van der Waals surface area (Å²) in [5, 5.41) is 4.19.